The van der Waals surface area contributed by atoms with Gasteiger partial charge in [-0.3, -0.25) is 0 Å². The lowest BCUT2D eigenvalue weighted by Gasteiger charge is -2.40. The second kappa shape index (κ2) is 46.3. The molecule has 0 aromatic carbocycles. The molecule has 11 nitrogen and oxygen atoms in total. The third kappa shape index (κ3) is 35.1. The number of ether oxygens (including phenoxy) is 3. The maximum absolute atomic E-state index is 12.1. The summed E-state index contributed by atoms with van der Waals surface area (Å²) in [6.07, 6.45) is 39.3. The van der Waals surface area contributed by atoms with Gasteiger partial charge in [-0.25, -0.2) is 4.79 Å². The predicted octanol–water partition coefficient (Wildman–Crippen LogP) is 12.5. The Balaban J connectivity index is 2.38. The van der Waals surface area contributed by atoms with Gasteiger partial charge in [0.25, 0.3) is 0 Å². The van der Waals surface area contributed by atoms with Crippen LogP contribution in [-0.2, 0) is 14.2 Å². The van der Waals surface area contributed by atoms with E-state index in [4.69, 9.17) is 14.2 Å². The van der Waals surface area contributed by atoms with Crippen molar-refractivity contribution < 1.29 is 44.5 Å². The Labute approximate surface area is 406 Å². The fraction of sp³-hybridized carbons (Fsp3) is 0.982. The maximum atomic E-state index is 12.1. The third-order valence-corrected chi connectivity index (χ3v) is 13.9. The lowest BCUT2D eigenvalue weighted by molar-refractivity contribution is -0.303. The fourth-order valence-electron chi connectivity index (χ4n) is 9.25. The van der Waals surface area contributed by atoms with Gasteiger partial charge in [0.05, 0.1) is 24.9 Å². The SMILES string of the molecule is CCCCCCCCCCCCCCCCCCCCCCCCCCNC(CO[C@H]1O[C@H](COC(=O)NCCCC)[C@H](O)[C@H](O)[C@H]1O)C(O)C(O)CCCCCCCCCCCCCC. The number of carbonyl (C=O) groups excluding carboxylic acids is 1. The highest BCUT2D eigenvalue weighted by atomic mass is 16.7. The van der Waals surface area contributed by atoms with Gasteiger partial charge in [-0.1, -0.05) is 252 Å². The van der Waals surface area contributed by atoms with Crippen LogP contribution in [0.4, 0.5) is 4.79 Å². The second-order valence-electron chi connectivity index (χ2n) is 20.2. The van der Waals surface area contributed by atoms with Crippen molar-refractivity contribution in [2.45, 2.75) is 320 Å². The smallest absolute Gasteiger partial charge is 0.407 e. The molecule has 8 atom stereocenters. The zero-order valence-corrected chi connectivity index (χ0v) is 43.4. The van der Waals surface area contributed by atoms with E-state index in [1.807, 2.05) is 6.92 Å². The highest BCUT2D eigenvalue weighted by molar-refractivity contribution is 5.67. The Kier molecular flexibility index (Phi) is 44.2. The molecule has 0 saturated carbocycles. The van der Waals surface area contributed by atoms with Crippen LogP contribution in [0.3, 0.4) is 0 Å². The van der Waals surface area contributed by atoms with Crippen molar-refractivity contribution in [2.75, 3.05) is 26.3 Å². The van der Waals surface area contributed by atoms with E-state index in [1.54, 1.807) is 0 Å². The minimum absolute atomic E-state index is 0.105. The second-order valence-corrected chi connectivity index (χ2v) is 20.2. The summed E-state index contributed by atoms with van der Waals surface area (Å²) in [5.41, 5.74) is 0. The van der Waals surface area contributed by atoms with Gasteiger partial charge in [0.15, 0.2) is 6.29 Å². The third-order valence-electron chi connectivity index (χ3n) is 13.9. The van der Waals surface area contributed by atoms with Crippen molar-refractivity contribution in [2.24, 2.45) is 0 Å². The van der Waals surface area contributed by atoms with E-state index < -0.39 is 55.0 Å². The van der Waals surface area contributed by atoms with Gasteiger partial charge in [-0.05, 0) is 25.8 Å². The van der Waals surface area contributed by atoms with Crippen molar-refractivity contribution in [1.29, 1.82) is 0 Å². The van der Waals surface area contributed by atoms with Gasteiger partial charge in [0.2, 0.25) is 0 Å². The normalized spacial score (nSPS) is 20.1. The first-order valence-electron chi connectivity index (χ1n) is 28.6. The van der Waals surface area contributed by atoms with Gasteiger partial charge in [0.1, 0.15) is 31.0 Å². The number of carbonyl (C=O) groups is 1. The van der Waals surface area contributed by atoms with Crippen LogP contribution in [0.5, 0.6) is 0 Å². The van der Waals surface area contributed by atoms with Gasteiger partial charge in [-0.15, -0.1) is 0 Å². The number of alkyl carbamates (subject to hydrolysis) is 1. The number of hydrogen-bond acceptors (Lipinski definition) is 10. The zero-order chi connectivity index (χ0) is 48.1. The summed E-state index contributed by atoms with van der Waals surface area (Å²) in [4.78, 5) is 12.1. The Morgan fingerprint density at radius 1 is 0.485 bits per heavy atom. The van der Waals surface area contributed by atoms with Crippen molar-refractivity contribution in [3.8, 4) is 0 Å². The standard InChI is InChI=1S/C55H110N2O9/c1-4-7-10-12-14-16-18-20-21-22-23-24-25-26-27-28-29-30-31-33-35-37-39-41-44-56-47(50(59)48(58)42-40-38-36-34-32-19-17-15-13-11-8-5-2)45-64-54-53(62)52(61)51(60)49(66-54)46-65-55(63)57-43-9-6-3/h47-54,56,58-62H,4-46H2,1-3H3,(H,57,63)/t47?,48?,49-,50?,51+,52+,53-,54+/m1/s1. The fourth-order valence-corrected chi connectivity index (χ4v) is 9.25. The molecule has 1 amide bonds. The monoisotopic (exact) mass is 943 g/mol. The van der Waals surface area contributed by atoms with Crippen LogP contribution in [0.2, 0.25) is 0 Å². The first-order chi connectivity index (χ1) is 32.3. The van der Waals surface area contributed by atoms with Crippen molar-refractivity contribution >= 4 is 6.09 Å². The average Bonchev–Trinajstić information content (AvgIpc) is 3.32. The molecule has 1 aliphatic rings. The minimum atomic E-state index is -1.59. The van der Waals surface area contributed by atoms with E-state index in [-0.39, 0.29) is 13.2 Å². The summed E-state index contributed by atoms with van der Waals surface area (Å²) in [6, 6.07) is -0.652. The zero-order valence-electron chi connectivity index (χ0n) is 43.4. The summed E-state index contributed by atoms with van der Waals surface area (Å²) in [5.74, 6) is 0. The molecule has 1 rings (SSSR count). The largest absolute Gasteiger partial charge is 0.447 e. The first-order valence-corrected chi connectivity index (χ1v) is 28.6. The van der Waals surface area contributed by atoms with E-state index in [1.165, 1.54) is 193 Å². The summed E-state index contributed by atoms with van der Waals surface area (Å²) in [7, 11) is 0. The molecule has 0 radical (unpaired) electrons. The molecule has 1 saturated heterocycles. The quantitative estimate of drug-likeness (QED) is 0.0291. The Bertz CT molecular complexity index is 1030. The number of aliphatic hydroxyl groups is 5. The Morgan fingerprint density at radius 2 is 0.864 bits per heavy atom. The molecule has 394 valence electrons. The molecular weight excluding hydrogens is 833 g/mol. The summed E-state index contributed by atoms with van der Waals surface area (Å²) in [5, 5.41) is 60.4. The number of hydrogen-bond donors (Lipinski definition) is 7. The molecule has 7 N–H and O–H groups in total. The minimum Gasteiger partial charge on any atom is -0.447 e. The summed E-state index contributed by atoms with van der Waals surface area (Å²) < 4.78 is 17.0. The van der Waals surface area contributed by atoms with Crippen LogP contribution in [0.15, 0.2) is 0 Å². The van der Waals surface area contributed by atoms with Gasteiger partial charge in [0, 0.05) is 6.54 Å². The van der Waals surface area contributed by atoms with Gasteiger partial charge in [-0.2, -0.15) is 0 Å². The molecule has 66 heavy (non-hydrogen) atoms. The molecule has 0 aliphatic carbocycles. The van der Waals surface area contributed by atoms with Crippen molar-refractivity contribution in [1.82, 2.24) is 10.6 Å². The number of aliphatic hydroxyl groups excluding tert-OH is 5. The Hall–Kier alpha value is -1.05. The molecule has 1 fully saturated rings. The summed E-state index contributed by atoms with van der Waals surface area (Å²) >= 11 is 0. The molecule has 11 heteroatoms. The molecule has 0 aromatic rings. The molecule has 1 heterocycles. The van der Waals surface area contributed by atoms with Crippen LogP contribution in [0.25, 0.3) is 0 Å². The highest BCUT2D eigenvalue weighted by Crippen LogP contribution is 2.24. The number of unbranched alkanes of at least 4 members (excludes halogenated alkanes) is 35. The maximum Gasteiger partial charge on any atom is 0.407 e. The van der Waals surface area contributed by atoms with Gasteiger partial charge >= 0.3 is 6.09 Å². The van der Waals surface area contributed by atoms with Crippen molar-refractivity contribution in [3.05, 3.63) is 0 Å². The van der Waals surface area contributed by atoms with Crippen LogP contribution in [-0.4, -0.2) is 107 Å². The lowest BCUT2D eigenvalue weighted by Crippen LogP contribution is -2.60. The number of nitrogens with one attached hydrogen (secondary N) is 2. The van der Waals surface area contributed by atoms with Crippen LogP contribution in [0.1, 0.15) is 271 Å². The van der Waals surface area contributed by atoms with E-state index in [2.05, 4.69) is 24.5 Å². The topological polar surface area (TPSA) is 170 Å². The molecule has 0 aromatic heterocycles. The number of amides is 1. The van der Waals surface area contributed by atoms with E-state index in [0.29, 0.717) is 19.5 Å². The van der Waals surface area contributed by atoms with Crippen molar-refractivity contribution in [3.63, 3.8) is 0 Å². The number of rotatable bonds is 49. The van der Waals surface area contributed by atoms with E-state index in [9.17, 15) is 30.3 Å². The highest BCUT2D eigenvalue weighted by Gasteiger charge is 2.45. The van der Waals surface area contributed by atoms with Crippen LogP contribution in [0, 0.1) is 0 Å². The average molecular weight is 943 g/mol. The molecular formula is C55H110N2O9. The molecule has 0 bridgehead atoms. The summed E-state index contributed by atoms with van der Waals surface area (Å²) in [6.45, 7) is 7.19. The first kappa shape index (κ1) is 63.0. The lowest BCUT2D eigenvalue weighted by atomic mass is 9.98. The van der Waals surface area contributed by atoms with Gasteiger partial charge < -0.3 is 50.4 Å². The van der Waals surface area contributed by atoms with Crippen LogP contribution >= 0.6 is 0 Å². The van der Waals surface area contributed by atoms with E-state index >= 15 is 0 Å². The Morgan fingerprint density at radius 3 is 1.27 bits per heavy atom. The van der Waals surface area contributed by atoms with Crippen LogP contribution < -0.4 is 10.6 Å². The molecule has 1 aliphatic heterocycles. The predicted molar refractivity (Wildman–Crippen MR) is 273 cm³/mol. The molecule has 0 spiro atoms. The molecule has 3 unspecified atom stereocenters. The van der Waals surface area contributed by atoms with E-state index in [0.717, 1.165) is 51.4 Å².